The van der Waals surface area contributed by atoms with Crippen LogP contribution in [0.25, 0.3) is 0 Å². The lowest BCUT2D eigenvalue weighted by Gasteiger charge is -1.99. The molecule has 0 heterocycles. The van der Waals surface area contributed by atoms with Gasteiger partial charge in [0, 0.05) is 7.05 Å². The number of rotatable bonds is 1. The van der Waals surface area contributed by atoms with E-state index in [0.717, 1.165) is 0 Å². The Morgan fingerprint density at radius 3 is 2.57 bits per heavy atom. The summed E-state index contributed by atoms with van der Waals surface area (Å²) >= 11 is 0. The van der Waals surface area contributed by atoms with Gasteiger partial charge in [0.25, 0.3) is 6.02 Å². The van der Waals surface area contributed by atoms with Crippen LogP contribution in [0, 0.1) is 5.41 Å². The summed E-state index contributed by atoms with van der Waals surface area (Å²) in [5.41, 5.74) is 0. The maximum atomic E-state index is 6.80. The van der Waals surface area contributed by atoms with E-state index in [-0.39, 0.29) is 6.02 Å². The molecule has 0 bridgehead atoms. The summed E-state index contributed by atoms with van der Waals surface area (Å²) in [6.45, 7) is 2.39. The van der Waals surface area contributed by atoms with Crippen molar-refractivity contribution in [1.82, 2.24) is 5.32 Å². The Kier molecular flexibility index (Phi) is 3.10. The topological polar surface area (TPSA) is 45.1 Å². The molecule has 0 fully saturated rings. The van der Waals surface area contributed by atoms with Gasteiger partial charge in [0.1, 0.15) is 0 Å². The highest BCUT2D eigenvalue weighted by Crippen LogP contribution is 1.67. The normalized spacial score (nSPS) is 7.71. The van der Waals surface area contributed by atoms with Crippen molar-refractivity contribution in [1.29, 1.82) is 5.41 Å². The molecule has 0 rings (SSSR count). The predicted molar refractivity (Wildman–Crippen MR) is 28.4 cm³/mol. The van der Waals surface area contributed by atoms with Crippen LogP contribution in [0.1, 0.15) is 6.92 Å². The molecule has 3 heteroatoms. The SMILES string of the molecule is CCOC(=N)NC. The first-order valence-corrected chi connectivity index (χ1v) is 2.20. The van der Waals surface area contributed by atoms with Crippen LogP contribution in [0.5, 0.6) is 0 Å². The highest BCUT2D eigenvalue weighted by molar-refractivity contribution is 5.69. The van der Waals surface area contributed by atoms with E-state index in [2.05, 4.69) is 10.1 Å². The molecule has 0 spiro atoms. The van der Waals surface area contributed by atoms with E-state index < -0.39 is 0 Å². The van der Waals surface area contributed by atoms with Gasteiger partial charge in [0.15, 0.2) is 0 Å². The fourth-order valence-electron chi connectivity index (χ4n) is 0.217. The van der Waals surface area contributed by atoms with E-state index in [9.17, 15) is 0 Å². The van der Waals surface area contributed by atoms with Gasteiger partial charge in [-0.2, -0.15) is 0 Å². The molecule has 7 heavy (non-hydrogen) atoms. The predicted octanol–water partition coefficient (Wildman–Crippen LogP) is 0.177. The Labute approximate surface area is 43.2 Å². The Morgan fingerprint density at radius 2 is 2.43 bits per heavy atom. The second kappa shape index (κ2) is 3.46. The number of hydrogen-bond acceptors (Lipinski definition) is 2. The molecule has 0 unspecified atom stereocenters. The van der Waals surface area contributed by atoms with Crippen molar-refractivity contribution in [2.75, 3.05) is 13.7 Å². The van der Waals surface area contributed by atoms with E-state index in [1.807, 2.05) is 6.92 Å². The van der Waals surface area contributed by atoms with Crippen molar-refractivity contribution in [3.63, 3.8) is 0 Å². The van der Waals surface area contributed by atoms with Gasteiger partial charge in [0.05, 0.1) is 6.61 Å². The number of hydrogen-bond donors (Lipinski definition) is 2. The molecule has 0 amide bonds. The van der Waals surface area contributed by atoms with Gasteiger partial charge in [-0.1, -0.05) is 0 Å². The molecule has 0 atom stereocenters. The smallest absolute Gasteiger partial charge is 0.281 e. The van der Waals surface area contributed by atoms with Crippen LogP contribution in [-0.2, 0) is 4.74 Å². The molecule has 2 N–H and O–H groups in total. The second-order valence-electron chi connectivity index (χ2n) is 1.01. The summed E-state index contributed by atoms with van der Waals surface area (Å²) < 4.78 is 4.66. The molecule has 0 aliphatic rings. The van der Waals surface area contributed by atoms with E-state index in [1.54, 1.807) is 7.05 Å². The summed E-state index contributed by atoms with van der Waals surface area (Å²) in [4.78, 5) is 0. The number of amidine groups is 1. The Morgan fingerprint density at radius 1 is 1.86 bits per heavy atom. The monoisotopic (exact) mass is 102 g/mol. The van der Waals surface area contributed by atoms with Crippen molar-refractivity contribution in [2.24, 2.45) is 0 Å². The van der Waals surface area contributed by atoms with Gasteiger partial charge in [-0.05, 0) is 6.92 Å². The minimum atomic E-state index is 0.127. The molecular weight excluding hydrogens is 92.1 g/mol. The van der Waals surface area contributed by atoms with Crippen molar-refractivity contribution >= 4 is 6.02 Å². The molecule has 3 nitrogen and oxygen atoms in total. The molecular formula is C4H10N2O. The average molecular weight is 102 g/mol. The third-order valence-corrected chi connectivity index (χ3v) is 0.516. The van der Waals surface area contributed by atoms with Crippen molar-refractivity contribution in [3.05, 3.63) is 0 Å². The maximum Gasteiger partial charge on any atom is 0.281 e. The van der Waals surface area contributed by atoms with Crippen molar-refractivity contribution in [3.8, 4) is 0 Å². The summed E-state index contributed by atoms with van der Waals surface area (Å²) in [5, 5.41) is 9.33. The van der Waals surface area contributed by atoms with Crippen LogP contribution in [0.2, 0.25) is 0 Å². The minimum Gasteiger partial charge on any atom is -0.466 e. The fourth-order valence-corrected chi connectivity index (χ4v) is 0.217. The summed E-state index contributed by atoms with van der Waals surface area (Å²) in [6, 6.07) is 0.127. The van der Waals surface area contributed by atoms with Gasteiger partial charge in [-0.15, -0.1) is 0 Å². The van der Waals surface area contributed by atoms with Gasteiger partial charge >= 0.3 is 0 Å². The molecule has 0 aliphatic carbocycles. The first-order valence-electron chi connectivity index (χ1n) is 2.20. The van der Waals surface area contributed by atoms with Gasteiger partial charge in [-0.3, -0.25) is 5.41 Å². The lowest BCUT2D eigenvalue weighted by atomic mass is 10.9. The highest BCUT2D eigenvalue weighted by atomic mass is 16.5. The zero-order valence-corrected chi connectivity index (χ0v) is 4.62. The number of nitrogens with one attached hydrogen (secondary N) is 2. The van der Waals surface area contributed by atoms with Crippen LogP contribution < -0.4 is 5.32 Å². The molecule has 0 aromatic carbocycles. The Bertz CT molecular complexity index is 62.7. The average Bonchev–Trinajstić information content (AvgIpc) is 1.68. The molecule has 0 saturated carbocycles. The van der Waals surface area contributed by atoms with E-state index in [0.29, 0.717) is 6.61 Å². The van der Waals surface area contributed by atoms with Crippen LogP contribution in [0.4, 0.5) is 0 Å². The van der Waals surface area contributed by atoms with Crippen LogP contribution >= 0.6 is 0 Å². The van der Waals surface area contributed by atoms with Crippen molar-refractivity contribution in [2.45, 2.75) is 6.92 Å². The fraction of sp³-hybridized carbons (Fsp3) is 0.750. The molecule has 0 radical (unpaired) electrons. The summed E-state index contributed by atoms with van der Waals surface area (Å²) in [7, 11) is 1.65. The quantitative estimate of drug-likeness (QED) is 0.366. The minimum absolute atomic E-state index is 0.127. The highest BCUT2D eigenvalue weighted by Gasteiger charge is 1.83. The summed E-state index contributed by atoms with van der Waals surface area (Å²) in [6.07, 6.45) is 0. The zero-order valence-electron chi connectivity index (χ0n) is 4.62. The van der Waals surface area contributed by atoms with Crippen LogP contribution in [-0.4, -0.2) is 19.7 Å². The second-order valence-corrected chi connectivity index (χ2v) is 1.01. The summed E-state index contributed by atoms with van der Waals surface area (Å²) in [5.74, 6) is 0. The molecule has 0 saturated heterocycles. The van der Waals surface area contributed by atoms with Gasteiger partial charge in [0.2, 0.25) is 0 Å². The van der Waals surface area contributed by atoms with Gasteiger partial charge < -0.3 is 10.1 Å². The molecule has 0 aliphatic heterocycles. The zero-order chi connectivity index (χ0) is 5.70. The lowest BCUT2D eigenvalue weighted by molar-refractivity contribution is 0.310. The molecule has 0 aromatic rings. The Balaban J connectivity index is 3.00. The van der Waals surface area contributed by atoms with Crippen molar-refractivity contribution < 1.29 is 4.74 Å². The third kappa shape index (κ3) is 3.09. The first-order chi connectivity index (χ1) is 3.31. The first kappa shape index (κ1) is 6.27. The standard InChI is InChI=1S/C4H10N2O/c1-3-7-4(5)6-2/h3H2,1-2H3,(H2,5,6). The largest absolute Gasteiger partial charge is 0.466 e. The van der Waals surface area contributed by atoms with Crippen LogP contribution in [0.15, 0.2) is 0 Å². The van der Waals surface area contributed by atoms with Crippen LogP contribution in [0.3, 0.4) is 0 Å². The van der Waals surface area contributed by atoms with E-state index >= 15 is 0 Å². The van der Waals surface area contributed by atoms with Gasteiger partial charge in [-0.25, -0.2) is 0 Å². The maximum absolute atomic E-state index is 6.80. The number of ether oxygens (including phenoxy) is 1. The van der Waals surface area contributed by atoms with E-state index in [1.165, 1.54) is 0 Å². The molecule has 42 valence electrons. The Hall–Kier alpha value is -0.730. The lowest BCUT2D eigenvalue weighted by Crippen LogP contribution is -2.19. The third-order valence-electron chi connectivity index (χ3n) is 0.516. The van der Waals surface area contributed by atoms with E-state index in [4.69, 9.17) is 5.41 Å². The molecule has 0 aromatic heterocycles.